The van der Waals surface area contributed by atoms with Gasteiger partial charge in [0.1, 0.15) is 0 Å². The lowest BCUT2D eigenvalue weighted by molar-refractivity contribution is 0.0316. The number of hydrogen-bond donors (Lipinski definition) is 0. The van der Waals surface area contributed by atoms with Gasteiger partial charge in [-0.2, -0.15) is 0 Å². The first-order valence-electron chi connectivity index (χ1n) is 6.00. The molecular formula is C12H23BO2. The van der Waals surface area contributed by atoms with Crippen molar-refractivity contribution in [1.82, 2.24) is 0 Å². The minimum Gasteiger partial charge on any atom is -0.407 e. The third-order valence-electron chi connectivity index (χ3n) is 2.66. The van der Waals surface area contributed by atoms with Crippen molar-refractivity contribution in [3.05, 3.63) is 12.1 Å². The highest BCUT2D eigenvalue weighted by atomic mass is 16.6. The predicted octanol–water partition coefficient (Wildman–Crippen LogP) is 3.08. The zero-order valence-electron chi connectivity index (χ0n) is 10.5. The summed E-state index contributed by atoms with van der Waals surface area (Å²) in [5.74, 6) is 0.672. The van der Waals surface area contributed by atoms with Gasteiger partial charge in [0.2, 0.25) is 0 Å². The fourth-order valence-corrected chi connectivity index (χ4v) is 1.55. The van der Waals surface area contributed by atoms with Crippen LogP contribution < -0.4 is 0 Å². The second-order valence-electron chi connectivity index (χ2n) is 4.97. The van der Waals surface area contributed by atoms with E-state index in [1.807, 2.05) is 13.8 Å². The highest BCUT2D eigenvalue weighted by Gasteiger charge is 2.39. The Morgan fingerprint density at radius 2 is 1.67 bits per heavy atom. The van der Waals surface area contributed by atoms with Crippen LogP contribution in [0, 0.1) is 11.3 Å². The molecule has 1 saturated carbocycles. The van der Waals surface area contributed by atoms with Crippen molar-refractivity contribution in [3.8, 4) is 0 Å². The summed E-state index contributed by atoms with van der Waals surface area (Å²) in [6, 6.07) is 0. The molecule has 0 N–H and O–H groups in total. The van der Waals surface area contributed by atoms with E-state index in [9.17, 15) is 0 Å². The summed E-state index contributed by atoms with van der Waals surface area (Å²) in [5.41, 5.74) is 1.32. The van der Waals surface area contributed by atoms with E-state index in [1.54, 1.807) is 0 Å². The standard InChI is InChI=1S/C10H17BO2.C2H6/c1-8(9-4-5-9)11-12-6-10(2,3)7-13-11;1-2/h9H,1,4-7H2,2-3H3;1-2H3. The summed E-state index contributed by atoms with van der Waals surface area (Å²) >= 11 is 0. The van der Waals surface area contributed by atoms with Gasteiger partial charge in [0.25, 0.3) is 0 Å². The molecule has 1 heterocycles. The molecule has 0 aromatic heterocycles. The van der Waals surface area contributed by atoms with E-state index >= 15 is 0 Å². The van der Waals surface area contributed by atoms with Crippen molar-refractivity contribution >= 4 is 7.12 Å². The monoisotopic (exact) mass is 210 g/mol. The quantitative estimate of drug-likeness (QED) is 0.652. The second-order valence-corrected chi connectivity index (χ2v) is 4.97. The molecule has 2 nitrogen and oxygen atoms in total. The molecule has 0 radical (unpaired) electrons. The maximum atomic E-state index is 5.63. The first kappa shape index (κ1) is 12.8. The minimum absolute atomic E-state index is 0.125. The molecule has 2 aliphatic rings. The van der Waals surface area contributed by atoms with Crippen LogP contribution in [-0.2, 0) is 9.31 Å². The zero-order valence-corrected chi connectivity index (χ0v) is 10.5. The highest BCUT2D eigenvalue weighted by Crippen LogP contribution is 2.38. The van der Waals surface area contributed by atoms with Gasteiger partial charge in [0, 0.05) is 18.6 Å². The molecule has 86 valence electrons. The molecule has 1 saturated heterocycles. The largest absolute Gasteiger partial charge is 0.489 e. The molecule has 1 aliphatic carbocycles. The molecule has 0 bridgehead atoms. The molecule has 0 spiro atoms. The Kier molecular flexibility index (Phi) is 4.41. The van der Waals surface area contributed by atoms with Crippen molar-refractivity contribution in [3.63, 3.8) is 0 Å². The van der Waals surface area contributed by atoms with Gasteiger partial charge in [-0.25, -0.2) is 0 Å². The normalized spacial score (nSPS) is 24.1. The van der Waals surface area contributed by atoms with Gasteiger partial charge >= 0.3 is 7.12 Å². The van der Waals surface area contributed by atoms with Gasteiger partial charge < -0.3 is 9.31 Å². The molecule has 0 aromatic carbocycles. The van der Waals surface area contributed by atoms with Gasteiger partial charge in [-0.05, 0) is 24.2 Å². The van der Waals surface area contributed by atoms with E-state index in [2.05, 4.69) is 20.4 Å². The average Bonchev–Trinajstić information content (AvgIpc) is 3.03. The van der Waals surface area contributed by atoms with Gasteiger partial charge in [-0.1, -0.05) is 27.7 Å². The van der Waals surface area contributed by atoms with Gasteiger partial charge in [0.05, 0.1) is 0 Å². The number of hydrogen-bond acceptors (Lipinski definition) is 2. The van der Waals surface area contributed by atoms with Crippen LogP contribution in [0.4, 0.5) is 0 Å². The van der Waals surface area contributed by atoms with E-state index in [1.165, 1.54) is 12.8 Å². The fourth-order valence-electron chi connectivity index (χ4n) is 1.55. The van der Waals surface area contributed by atoms with Crippen molar-refractivity contribution in [1.29, 1.82) is 0 Å². The number of allylic oxidation sites excluding steroid dienone is 1. The van der Waals surface area contributed by atoms with Gasteiger partial charge in [-0.3, -0.25) is 0 Å². The molecule has 2 fully saturated rings. The summed E-state index contributed by atoms with van der Waals surface area (Å²) < 4.78 is 11.3. The fraction of sp³-hybridized carbons (Fsp3) is 0.833. The Balaban J connectivity index is 0.000000531. The summed E-state index contributed by atoms with van der Waals surface area (Å²) in [5, 5.41) is 0. The van der Waals surface area contributed by atoms with E-state index in [0.717, 1.165) is 18.7 Å². The Morgan fingerprint density at radius 1 is 1.20 bits per heavy atom. The topological polar surface area (TPSA) is 18.5 Å². The minimum atomic E-state index is -0.125. The first-order chi connectivity index (χ1) is 7.08. The first-order valence-corrected chi connectivity index (χ1v) is 6.00. The van der Waals surface area contributed by atoms with E-state index < -0.39 is 0 Å². The molecule has 0 aromatic rings. The third kappa shape index (κ3) is 3.65. The van der Waals surface area contributed by atoms with Crippen LogP contribution in [0.2, 0.25) is 0 Å². The van der Waals surface area contributed by atoms with Crippen LogP contribution in [0.1, 0.15) is 40.5 Å². The molecular weight excluding hydrogens is 187 g/mol. The van der Waals surface area contributed by atoms with E-state index in [-0.39, 0.29) is 12.5 Å². The Morgan fingerprint density at radius 3 is 2.07 bits per heavy atom. The van der Waals surface area contributed by atoms with E-state index in [0.29, 0.717) is 5.92 Å². The second kappa shape index (κ2) is 5.17. The van der Waals surface area contributed by atoms with Gasteiger partial charge in [0.15, 0.2) is 0 Å². The lowest BCUT2D eigenvalue weighted by Gasteiger charge is -2.33. The molecule has 0 unspecified atom stereocenters. The lowest BCUT2D eigenvalue weighted by Crippen LogP contribution is -2.42. The van der Waals surface area contributed by atoms with Crippen LogP contribution in [0.25, 0.3) is 0 Å². The van der Waals surface area contributed by atoms with Crippen LogP contribution in [0.15, 0.2) is 12.1 Å². The number of rotatable bonds is 2. The predicted molar refractivity (Wildman–Crippen MR) is 64.7 cm³/mol. The molecule has 1 aliphatic heterocycles. The SMILES string of the molecule is C=C(B1OCC(C)(C)CO1)C1CC1.CC. The molecule has 2 rings (SSSR count). The van der Waals surface area contributed by atoms with Crippen molar-refractivity contribution in [2.45, 2.75) is 40.5 Å². The molecule has 0 atom stereocenters. The molecule has 15 heavy (non-hydrogen) atoms. The zero-order chi connectivity index (χ0) is 11.5. The maximum absolute atomic E-state index is 5.63. The summed E-state index contributed by atoms with van der Waals surface area (Å²) in [4.78, 5) is 0. The Labute approximate surface area is 94.2 Å². The Hall–Kier alpha value is -0.275. The summed E-state index contributed by atoms with van der Waals surface area (Å²) in [6.07, 6.45) is 2.54. The van der Waals surface area contributed by atoms with Crippen LogP contribution in [-0.4, -0.2) is 20.3 Å². The van der Waals surface area contributed by atoms with Crippen LogP contribution >= 0.6 is 0 Å². The van der Waals surface area contributed by atoms with Crippen LogP contribution in [0.3, 0.4) is 0 Å². The molecule has 3 heteroatoms. The van der Waals surface area contributed by atoms with Crippen molar-refractivity contribution < 1.29 is 9.31 Å². The smallest absolute Gasteiger partial charge is 0.407 e. The van der Waals surface area contributed by atoms with Crippen molar-refractivity contribution in [2.75, 3.05) is 13.2 Å². The van der Waals surface area contributed by atoms with Crippen molar-refractivity contribution in [2.24, 2.45) is 11.3 Å². The third-order valence-corrected chi connectivity index (χ3v) is 2.66. The maximum Gasteiger partial charge on any atom is 0.489 e. The molecule has 0 amide bonds. The highest BCUT2D eigenvalue weighted by molar-refractivity contribution is 6.53. The average molecular weight is 210 g/mol. The van der Waals surface area contributed by atoms with E-state index in [4.69, 9.17) is 9.31 Å². The lowest BCUT2D eigenvalue weighted by atomic mass is 9.73. The Bertz CT molecular complexity index is 212. The summed E-state index contributed by atoms with van der Waals surface area (Å²) in [7, 11) is -0.125. The summed E-state index contributed by atoms with van der Waals surface area (Å²) in [6.45, 7) is 13.9. The van der Waals surface area contributed by atoms with Crippen LogP contribution in [0.5, 0.6) is 0 Å². The van der Waals surface area contributed by atoms with Gasteiger partial charge in [-0.15, -0.1) is 6.58 Å².